The molecule has 1 N–H and O–H groups in total. The molecular formula is C22H22IN5O3S. The van der Waals surface area contributed by atoms with Gasteiger partial charge in [-0.2, -0.15) is 0 Å². The summed E-state index contributed by atoms with van der Waals surface area (Å²) >= 11 is 3.54. The first-order chi connectivity index (χ1) is 15.3. The van der Waals surface area contributed by atoms with Crippen molar-refractivity contribution in [3.8, 4) is 5.75 Å². The van der Waals surface area contributed by atoms with Crippen LogP contribution >= 0.6 is 34.4 Å². The van der Waals surface area contributed by atoms with Crippen molar-refractivity contribution in [2.24, 2.45) is 7.05 Å². The first kappa shape index (κ1) is 22.6. The molecule has 8 nitrogen and oxygen atoms in total. The molecular weight excluding hydrogens is 541 g/mol. The highest BCUT2D eigenvalue weighted by atomic mass is 127. The van der Waals surface area contributed by atoms with Crippen molar-refractivity contribution in [3.63, 3.8) is 0 Å². The number of ether oxygens (including phenoxy) is 1. The monoisotopic (exact) mass is 563 g/mol. The minimum atomic E-state index is -0.345. The number of hydrogen-bond acceptors (Lipinski definition) is 6. The number of nitrogens with zero attached hydrogens (tertiary/aromatic N) is 4. The third-order valence-corrected chi connectivity index (χ3v) is 6.86. The van der Waals surface area contributed by atoms with E-state index in [0.29, 0.717) is 22.4 Å². The van der Waals surface area contributed by atoms with Crippen molar-refractivity contribution in [2.75, 3.05) is 22.6 Å². The summed E-state index contributed by atoms with van der Waals surface area (Å²) in [7, 11) is 1.84. The predicted molar refractivity (Wildman–Crippen MR) is 132 cm³/mol. The number of carbonyl (C=O) groups excluding carboxylic acids is 2. The topological polar surface area (TPSA) is 89.3 Å². The fourth-order valence-corrected chi connectivity index (χ4v) is 4.93. The van der Waals surface area contributed by atoms with Crippen LogP contribution in [0.15, 0.2) is 47.6 Å². The van der Waals surface area contributed by atoms with Gasteiger partial charge in [-0.3, -0.25) is 14.5 Å². The van der Waals surface area contributed by atoms with E-state index in [1.54, 1.807) is 4.90 Å². The Morgan fingerprint density at radius 2 is 2.06 bits per heavy atom. The Balaban J connectivity index is 1.45. The van der Waals surface area contributed by atoms with Gasteiger partial charge in [0.25, 0.3) is 5.91 Å². The van der Waals surface area contributed by atoms with Gasteiger partial charge in [-0.05, 0) is 72.3 Å². The van der Waals surface area contributed by atoms with Gasteiger partial charge >= 0.3 is 0 Å². The van der Waals surface area contributed by atoms with Crippen LogP contribution in [0.3, 0.4) is 0 Å². The zero-order valence-electron chi connectivity index (χ0n) is 17.8. The Morgan fingerprint density at radius 1 is 1.28 bits per heavy atom. The average Bonchev–Trinajstić information content (AvgIpc) is 3.14. The molecule has 32 heavy (non-hydrogen) atoms. The Labute approximate surface area is 203 Å². The number of carbonyl (C=O) groups is 2. The largest absolute Gasteiger partial charge is 0.482 e. The molecule has 0 radical (unpaired) electrons. The molecule has 1 aliphatic rings. The van der Waals surface area contributed by atoms with Gasteiger partial charge in [0.1, 0.15) is 5.75 Å². The Kier molecular flexibility index (Phi) is 6.70. The smallest absolute Gasteiger partial charge is 0.265 e. The lowest BCUT2D eigenvalue weighted by molar-refractivity contribution is -0.121. The van der Waals surface area contributed by atoms with E-state index in [2.05, 4.69) is 38.1 Å². The molecule has 1 aromatic heterocycles. The van der Waals surface area contributed by atoms with E-state index in [0.717, 1.165) is 14.8 Å². The van der Waals surface area contributed by atoms with Crippen molar-refractivity contribution < 1.29 is 14.3 Å². The van der Waals surface area contributed by atoms with E-state index in [1.807, 2.05) is 67.9 Å². The molecule has 0 spiro atoms. The van der Waals surface area contributed by atoms with E-state index < -0.39 is 0 Å². The van der Waals surface area contributed by atoms with Crippen LogP contribution in [0.2, 0.25) is 0 Å². The molecule has 4 rings (SSSR count). The molecule has 0 saturated carbocycles. The van der Waals surface area contributed by atoms with E-state index in [1.165, 1.54) is 11.8 Å². The lowest BCUT2D eigenvalue weighted by atomic mass is 10.1. The summed E-state index contributed by atoms with van der Waals surface area (Å²) in [5.74, 6) is 1.24. The number of aryl methyl sites for hydroxylation is 1. The Morgan fingerprint density at radius 3 is 2.84 bits per heavy atom. The highest BCUT2D eigenvalue weighted by molar-refractivity contribution is 14.1. The average molecular weight is 563 g/mol. The molecule has 2 heterocycles. The number of amides is 2. The molecule has 3 aromatic rings. The van der Waals surface area contributed by atoms with Gasteiger partial charge in [0.05, 0.1) is 17.5 Å². The van der Waals surface area contributed by atoms with Gasteiger partial charge in [0.2, 0.25) is 5.91 Å². The number of fused-ring (bicyclic) bond motifs is 1. The predicted octanol–water partition coefficient (Wildman–Crippen LogP) is 3.95. The van der Waals surface area contributed by atoms with E-state index in [4.69, 9.17) is 4.74 Å². The normalized spacial score (nSPS) is 14.0. The second-order valence-corrected chi connectivity index (χ2v) is 9.58. The number of thioether (sulfide) groups is 1. The number of rotatable bonds is 6. The molecule has 0 bridgehead atoms. The number of nitrogens with one attached hydrogen (secondary N) is 1. The summed E-state index contributed by atoms with van der Waals surface area (Å²) < 4.78 is 8.48. The van der Waals surface area contributed by atoms with Crippen molar-refractivity contribution in [1.29, 1.82) is 0 Å². The maximum atomic E-state index is 12.6. The second-order valence-electron chi connectivity index (χ2n) is 7.39. The van der Waals surface area contributed by atoms with Gasteiger partial charge in [0, 0.05) is 16.3 Å². The van der Waals surface area contributed by atoms with Crippen molar-refractivity contribution in [2.45, 2.75) is 25.0 Å². The maximum absolute atomic E-state index is 12.6. The van der Waals surface area contributed by atoms with Crippen LogP contribution in [0.1, 0.15) is 24.4 Å². The highest BCUT2D eigenvalue weighted by Crippen LogP contribution is 2.37. The molecule has 0 fully saturated rings. The van der Waals surface area contributed by atoms with Gasteiger partial charge in [-0.1, -0.05) is 23.9 Å². The van der Waals surface area contributed by atoms with Crippen LogP contribution in [-0.4, -0.2) is 38.9 Å². The lowest BCUT2D eigenvalue weighted by Gasteiger charge is -2.33. The van der Waals surface area contributed by atoms with Gasteiger partial charge in [0.15, 0.2) is 17.6 Å². The minimum Gasteiger partial charge on any atom is -0.482 e. The zero-order chi connectivity index (χ0) is 22.8. The summed E-state index contributed by atoms with van der Waals surface area (Å²) in [5.41, 5.74) is 2.52. The third kappa shape index (κ3) is 4.60. The van der Waals surface area contributed by atoms with Gasteiger partial charge in [-0.25, -0.2) is 0 Å². The SMILES string of the molecule is Cc1cc(I)ccc1NC(=O)CSc1nnc(C(C)N2C(=O)COc3ccccc32)n1C. The summed E-state index contributed by atoms with van der Waals surface area (Å²) in [6.45, 7) is 3.86. The number of anilines is 2. The first-order valence-corrected chi connectivity index (χ1v) is 12.0. The molecule has 2 aromatic carbocycles. The molecule has 0 aliphatic carbocycles. The van der Waals surface area contributed by atoms with Crippen LogP contribution in [-0.2, 0) is 16.6 Å². The maximum Gasteiger partial charge on any atom is 0.265 e. The molecule has 1 unspecified atom stereocenters. The van der Waals surface area contributed by atoms with Crippen molar-refractivity contribution in [3.05, 3.63) is 57.4 Å². The number of hydrogen-bond donors (Lipinski definition) is 1. The fourth-order valence-electron chi connectivity index (χ4n) is 3.56. The zero-order valence-corrected chi connectivity index (χ0v) is 20.8. The van der Waals surface area contributed by atoms with Crippen LogP contribution in [0.5, 0.6) is 5.75 Å². The minimum absolute atomic E-state index is 0.0149. The quantitative estimate of drug-likeness (QED) is 0.361. The van der Waals surface area contributed by atoms with E-state index >= 15 is 0 Å². The second kappa shape index (κ2) is 9.49. The van der Waals surface area contributed by atoms with E-state index in [-0.39, 0.29) is 30.2 Å². The molecule has 2 amide bonds. The van der Waals surface area contributed by atoms with Crippen molar-refractivity contribution in [1.82, 2.24) is 14.8 Å². The number of aromatic nitrogens is 3. The van der Waals surface area contributed by atoms with Gasteiger partial charge < -0.3 is 14.6 Å². The summed E-state index contributed by atoms with van der Waals surface area (Å²) in [5, 5.41) is 12.1. The van der Waals surface area contributed by atoms with Crippen LogP contribution < -0.4 is 15.0 Å². The lowest BCUT2D eigenvalue weighted by Crippen LogP contribution is -2.41. The Bertz CT molecular complexity index is 1180. The van der Waals surface area contributed by atoms with Gasteiger partial charge in [-0.15, -0.1) is 10.2 Å². The molecule has 1 aliphatic heterocycles. The van der Waals surface area contributed by atoms with E-state index in [9.17, 15) is 9.59 Å². The molecule has 1 atom stereocenters. The van der Waals surface area contributed by atoms with Crippen molar-refractivity contribution >= 4 is 57.5 Å². The fraction of sp³-hybridized carbons (Fsp3) is 0.273. The summed E-state index contributed by atoms with van der Waals surface area (Å²) in [4.78, 5) is 26.7. The standard InChI is InChI=1S/C22H22IN5O3S/c1-13-10-15(23)8-9-16(13)24-19(29)12-32-22-26-25-21(27(22)3)14(2)28-17-6-4-5-7-18(17)31-11-20(28)30/h4-10,14H,11-12H2,1-3H3,(H,24,29). The van der Waals surface area contributed by atoms with Crippen LogP contribution in [0.25, 0.3) is 0 Å². The number of para-hydroxylation sites is 2. The molecule has 166 valence electrons. The first-order valence-electron chi connectivity index (χ1n) is 9.97. The van der Waals surface area contributed by atoms with Crippen LogP contribution in [0, 0.1) is 10.5 Å². The Hall–Kier alpha value is -2.60. The number of benzene rings is 2. The summed E-state index contributed by atoms with van der Waals surface area (Å²) in [6.07, 6.45) is 0. The van der Waals surface area contributed by atoms with Crippen LogP contribution in [0.4, 0.5) is 11.4 Å². The molecule has 0 saturated heterocycles. The summed E-state index contributed by atoms with van der Waals surface area (Å²) in [6, 6.07) is 13.0. The highest BCUT2D eigenvalue weighted by Gasteiger charge is 2.32. The third-order valence-electron chi connectivity index (χ3n) is 5.17. The molecule has 10 heteroatoms. The number of halogens is 1.